The summed E-state index contributed by atoms with van der Waals surface area (Å²) < 4.78 is 18.1. The van der Waals surface area contributed by atoms with Crippen LogP contribution in [-0.4, -0.2) is 29.0 Å². The first kappa shape index (κ1) is 23.0. The number of amides is 1. The Hall–Kier alpha value is -3.26. The molecule has 2 rings (SSSR count). The van der Waals surface area contributed by atoms with E-state index in [1.807, 2.05) is 0 Å². The van der Waals surface area contributed by atoms with Gasteiger partial charge in [-0.3, -0.25) is 14.4 Å². The van der Waals surface area contributed by atoms with Crippen molar-refractivity contribution in [3.63, 3.8) is 0 Å². The van der Waals surface area contributed by atoms with Gasteiger partial charge in [0.2, 0.25) is 5.91 Å². The minimum Gasteiger partial charge on any atom is -0.480 e. The molecule has 4 N–H and O–H groups in total. The molecule has 1 amide bonds. The number of ether oxygens (including phenoxy) is 1. The SMILES string of the molecule is C[C@@H](CCC(=O)OCc1ccc(NC(=O)Cc2ccc(F)cc2)cc1)[C@H](N)C(=O)O. The molecule has 0 saturated heterocycles. The van der Waals surface area contributed by atoms with Crippen LogP contribution in [0.5, 0.6) is 0 Å². The monoisotopic (exact) mass is 416 g/mol. The van der Waals surface area contributed by atoms with E-state index in [0.29, 0.717) is 17.7 Å². The normalized spacial score (nSPS) is 12.6. The summed E-state index contributed by atoms with van der Waals surface area (Å²) in [7, 11) is 0. The number of rotatable bonds is 10. The molecule has 2 aromatic rings. The third-order valence-corrected chi connectivity index (χ3v) is 4.62. The summed E-state index contributed by atoms with van der Waals surface area (Å²) >= 11 is 0. The highest BCUT2D eigenvalue weighted by Crippen LogP contribution is 2.14. The van der Waals surface area contributed by atoms with Gasteiger partial charge in [0.15, 0.2) is 0 Å². The van der Waals surface area contributed by atoms with Gasteiger partial charge in [-0.05, 0) is 47.7 Å². The van der Waals surface area contributed by atoms with E-state index in [0.717, 1.165) is 5.56 Å². The Bertz CT molecular complexity index is 868. The zero-order valence-electron chi connectivity index (χ0n) is 16.6. The zero-order chi connectivity index (χ0) is 22.1. The Labute approximate surface area is 174 Å². The number of hydrogen-bond acceptors (Lipinski definition) is 5. The molecule has 0 bridgehead atoms. The van der Waals surface area contributed by atoms with Crippen LogP contribution in [-0.2, 0) is 32.1 Å². The number of aliphatic carboxylic acids is 1. The fourth-order valence-corrected chi connectivity index (χ4v) is 2.68. The highest BCUT2D eigenvalue weighted by atomic mass is 19.1. The lowest BCUT2D eigenvalue weighted by molar-refractivity contribution is -0.146. The van der Waals surface area contributed by atoms with E-state index < -0.39 is 18.0 Å². The molecular formula is C22H25FN2O5. The number of benzene rings is 2. The maximum atomic E-state index is 12.9. The lowest BCUT2D eigenvalue weighted by Gasteiger charge is -2.15. The van der Waals surface area contributed by atoms with Gasteiger partial charge in [0.25, 0.3) is 0 Å². The second-order valence-corrected chi connectivity index (χ2v) is 7.09. The number of carbonyl (C=O) groups excluding carboxylic acids is 2. The van der Waals surface area contributed by atoms with Gasteiger partial charge in [-0.1, -0.05) is 31.2 Å². The molecule has 2 aromatic carbocycles. The molecular weight excluding hydrogens is 391 g/mol. The van der Waals surface area contributed by atoms with Gasteiger partial charge in [-0.25, -0.2) is 4.39 Å². The van der Waals surface area contributed by atoms with Crippen LogP contribution in [0.25, 0.3) is 0 Å². The summed E-state index contributed by atoms with van der Waals surface area (Å²) in [6.07, 6.45) is 0.536. The summed E-state index contributed by atoms with van der Waals surface area (Å²) in [6.45, 7) is 1.75. The second kappa shape index (κ2) is 11.1. The Morgan fingerprint density at radius 1 is 1.07 bits per heavy atom. The highest BCUT2D eigenvalue weighted by molar-refractivity contribution is 5.92. The lowest BCUT2D eigenvalue weighted by atomic mass is 9.97. The van der Waals surface area contributed by atoms with Crippen LogP contribution in [0.15, 0.2) is 48.5 Å². The smallest absolute Gasteiger partial charge is 0.320 e. The van der Waals surface area contributed by atoms with Crippen molar-refractivity contribution in [3.8, 4) is 0 Å². The number of carbonyl (C=O) groups is 3. The Morgan fingerprint density at radius 2 is 1.67 bits per heavy atom. The summed E-state index contributed by atoms with van der Waals surface area (Å²) in [5.74, 6) is -2.45. The Kier molecular flexibility index (Phi) is 8.49. The molecule has 0 saturated carbocycles. The standard InChI is InChI=1S/C22H25FN2O5/c1-14(21(24)22(28)29)2-11-20(27)30-13-16-5-9-18(10-6-16)25-19(26)12-15-3-7-17(23)8-4-15/h3-10,14,21H,2,11-13,24H2,1H3,(H,25,26)(H,28,29)/t14-,21-/m0/s1. The second-order valence-electron chi connectivity index (χ2n) is 7.09. The average Bonchev–Trinajstić information content (AvgIpc) is 2.72. The fraction of sp³-hybridized carbons (Fsp3) is 0.318. The molecule has 0 heterocycles. The first-order valence-corrected chi connectivity index (χ1v) is 9.52. The molecule has 7 nitrogen and oxygen atoms in total. The van der Waals surface area contributed by atoms with Crippen molar-refractivity contribution < 1.29 is 28.6 Å². The number of hydrogen-bond donors (Lipinski definition) is 3. The summed E-state index contributed by atoms with van der Waals surface area (Å²) in [5, 5.41) is 11.6. The number of nitrogens with one attached hydrogen (secondary N) is 1. The molecule has 0 aliphatic rings. The molecule has 0 radical (unpaired) electrons. The lowest BCUT2D eigenvalue weighted by Crippen LogP contribution is -2.36. The van der Waals surface area contributed by atoms with Crippen LogP contribution < -0.4 is 11.1 Å². The first-order valence-electron chi connectivity index (χ1n) is 9.52. The van der Waals surface area contributed by atoms with Gasteiger partial charge in [0, 0.05) is 12.1 Å². The number of esters is 1. The van der Waals surface area contributed by atoms with Crippen LogP contribution in [0.3, 0.4) is 0 Å². The number of carboxylic acid groups (broad SMARTS) is 1. The Morgan fingerprint density at radius 3 is 2.27 bits per heavy atom. The quantitative estimate of drug-likeness (QED) is 0.513. The maximum Gasteiger partial charge on any atom is 0.320 e. The van der Waals surface area contributed by atoms with Crippen LogP contribution in [0.4, 0.5) is 10.1 Å². The van der Waals surface area contributed by atoms with Gasteiger partial charge in [-0.15, -0.1) is 0 Å². The largest absolute Gasteiger partial charge is 0.480 e. The van der Waals surface area contributed by atoms with E-state index >= 15 is 0 Å². The minimum absolute atomic E-state index is 0.0714. The predicted molar refractivity (Wildman–Crippen MR) is 109 cm³/mol. The van der Waals surface area contributed by atoms with E-state index in [4.69, 9.17) is 15.6 Å². The molecule has 0 unspecified atom stereocenters. The van der Waals surface area contributed by atoms with E-state index in [2.05, 4.69) is 5.32 Å². The van der Waals surface area contributed by atoms with E-state index in [1.165, 1.54) is 12.1 Å². The molecule has 0 aliphatic heterocycles. The van der Waals surface area contributed by atoms with E-state index in [9.17, 15) is 18.8 Å². The topological polar surface area (TPSA) is 119 Å². The summed E-state index contributed by atoms with van der Waals surface area (Å²) in [4.78, 5) is 34.7. The van der Waals surface area contributed by atoms with Gasteiger partial charge in [0.05, 0.1) is 6.42 Å². The third-order valence-electron chi connectivity index (χ3n) is 4.62. The average molecular weight is 416 g/mol. The van der Waals surface area contributed by atoms with Crippen LogP contribution >= 0.6 is 0 Å². The van der Waals surface area contributed by atoms with Crippen LogP contribution in [0.2, 0.25) is 0 Å². The van der Waals surface area contributed by atoms with Gasteiger partial charge in [-0.2, -0.15) is 0 Å². The number of carboxylic acids is 1. The minimum atomic E-state index is -1.10. The molecule has 0 spiro atoms. The van der Waals surface area contributed by atoms with Crippen LogP contribution in [0.1, 0.15) is 30.9 Å². The van der Waals surface area contributed by atoms with Gasteiger partial charge < -0.3 is 20.9 Å². The first-order chi connectivity index (χ1) is 14.2. The molecule has 8 heteroatoms. The summed E-state index contributed by atoms with van der Waals surface area (Å²) in [6, 6.07) is 11.6. The molecule has 2 atom stereocenters. The van der Waals surface area contributed by atoms with Crippen molar-refractivity contribution in [2.75, 3.05) is 5.32 Å². The summed E-state index contributed by atoms with van der Waals surface area (Å²) in [5.41, 5.74) is 7.55. The van der Waals surface area contributed by atoms with Crippen molar-refractivity contribution in [1.29, 1.82) is 0 Å². The van der Waals surface area contributed by atoms with Gasteiger partial charge >= 0.3 is 11.9 Å². The number of anilines is 1. The fourth-order valence-electron chi connectivity index (χ4n) is 2.68. The third kappa shape index (κ3) is 7.63. The van der Waals surface area contributed by atoms with Crippen LogP contribution in [0, 0.1) is 11.7 Å². The zero-order valence-corrected chi connectivity index (χ0v) is 16.6. The maximum absolute atomic E-state index is 12.9. The van der Waals surface area contributed by atoms with Crippen molar-refractivity contribution in [2.24, 2.45) is 11.7 Å². The number of nitrogens with two attached hydrogens (primary N) is 1. The molecule has 0 fully saturated rings. The van der Waals surface area contributed by atoms with Gasteiger partial charge in [0.1, 0.15) is 18.5 Å². The van der Waals surface area contributed by atoms with Crippen molar-refractivity contribution in [3.05, 3.63) is 65.5 Å². The van der Waals surface area contributed by atoms with E-state index in [-0.39, 0.29) is 37.1 Å². The van der Waals surface area contributed by atoms with E-state index in [1.54, 1.807) is 43.3 Å². The van der Waals surface area contributed by atoms with Crippen molar-refractivity contribution in [1.82, 2.24) is 0 Å². The van der Waals surface area contributed by atoms with Crippen molar-refractivity contribution in [2.45, 2.75) is 38.8 Å². The molecule has 160 valence electrons. The molecule has 30 heavy (non-hydrogen) atoms. The van der Waals surface area contributed by atoms with Crippen molar-refractivity contribution >= 4 is 23.5 Å². The highest BCUT2D eigenvalue weighted by Gasteiger charge is 2.20. The number of halogens is 1. The Balaban J connectivity index is 1.74. The molecule has 0 aromatic heterocycles. The molecule has 0 aliphatic carbocycles. The predicted octanol–water partition coefficient (Wildman–Crippen LogP) is 2.88.